The summed E-state index contributed by atoms with van der Waals surface area (Å²) in [6, 6.07) is 1.26. The van der Waals surface area contributed by atoms with E-state index in [0.29, 0.717) is 17.5 Å². The fraction of sp³-hybridized carbons (Fsp3) is 0.941. The van der Waals surface area contributed by atoms with Crippen LogP contribution in [0.3, 0.4) is 0 Å². The summed E-state index contributed by atoms with van der Waals surface area (Å²) < 4.78 is 0. The van der Waals surface area contributed by atoms with Crippen LogP contribution < -0.4 is 11.1 Å². The van der Waals surface area contributed by atoms with E-state index in [2.05, 4.69) is 26.1 Å². The Bertz CT molecular complexity index is 326. The first-order valence-electron chi connectivity index (χ1n) is 8.43. The molecule has 2 unspecified atom stereocenters. The molecule has 2 aliphatic rings. The number of carbonyl (C=O) groups excluding carboxylic acids is 1. The number of amides is 1. The lowest BCUT2D eigenvalue weighted by Gasteiger charge is -2.43. The Labute approximate surface area is 124 Å². The molecular weight excluding hydrogens is 248 g/mol. The van der Waals surface area contributed by atoms with Gasteiger partial charge in [0.15, 0.2) is 0 Å². The van der Waals surface area contributed by atoms with Crippen LogP contribution in [0.4, 0.5) is 0 Å². The molecule has 1 amide bonds. The van der Waals surface area contributed by atoms with Crippen LogP contribution in [0.25, 0.3) is 0 Å². The van der Waals surface area contributed by atoms with Crippen molar-refractivity contribution in [2.45, 2.75) is 84.2 Å². The highest BCUT2D eigenvalue weighted by Crippen LogP contribution is 2.38. The second-order valence-electron chi connectivity index (χ2n) is 7.98. The molecule has 20 heavy (non-hydrogen) atoms. The zero-order chi connectivity index (χ0) is 14.8. The van der Waals surface area contributed by atoms with Crippen molar-refractivity contribution in [1.82, 2.24) is 5.32 Å². The average Bonchev–Trinajstić information content (AvgIpc) is 2.38. The van der Waals surface area contributed by atoms with Gasteiger partial charge in [0.1, 0.15) is 0 Å². The first-order chi connectivity index (χ1) is 9.38. The van der Waals surface area contributed by atoms with Crippen LogP contribution in [0, 0.1) is 17.3 Å². The molecule has 0 aliphatic heterocycles. The van der Waals surface area contributed by atoms with Crippen LogP contribution in [0.2, 0.25) is 0 Å². The van der Waals surface area contributed by atoms with Crippen molar-refractivity contribution in [3.8, 4) is 0 Å². The molecular formula is C17H32N2O. The molecule has 3 heteroatoms. The predicted octanol–water partition coefficient (Wildman–Crippen LogP) is 3.23. The lowest BCUT2D eigenvalue weighted by atomic mass is 9.69. The van der Waals surface area contributed by atoms with Gasteiger partial charge in [-0.05, 0) is 49.9 Å². The summed E-state index contributed by atoms with van der Waals surface area (Å²) >= 11 is 0. The molecule has 116 valence electrons. The van der Waals surface area contributed by atoms with E-state index in [1.807, 2.05) is 0 Å². The Morgan fingerprint density at radius 2 is 1.60 bits per heavy atom. The molecule has 0 aromatic rings. The smallest absolute Gasteiger partial charge is 0.220 e. The van der Waals surface area contributed by atoms with Gasteiger partial charge in [-0.3, -0.25) is 4.79 Å². The van der Waals surface area contributed by atoms with Crippen molar-refractivity contribution in [1.29, 1.82) is 0 Å². The fourth-order valence-corrected chi connectivity index (χ4v) is 4.21. The lowest BCUT2D eigenvalue weighted by Crippen LogP contribution is -2.49. The summed E-state index contributed by atoms with van der Waals surface area (Å²) in [7, 11) is 0. The first kappa shape index (κ1) is 15.8. The topological polar surface area (TPSA) is 55.1 Å². The van der Waals surface area contributed by atoms with Crippen LogP contribution in [-0.4, -0.2) is 18.0 Å². The van der Waals surface area contributed by atoms with Crippen molar-refractivity contribution in [3.05, 3.63) is 0 Å². The lowest BCUT2D eigenvalue weighted by molar-refractivity contribution is -0.122. The van der Waals surface area contributed by atoms with Crippen molar-refractivity contribution < 1.29 is 4.79 Å². The molecule has 3 N–H and O–H groups in total. The van der Waals surface area contributed by atoms with Crippen LogP contribution in [0.5, 0.6) is 0 Å². The Morgan fingerprint density at radius 1 is 1.00 bits per heavy atom. The largest absolute Gasteiger partial charge is 0.369 e. The Balaban J connectivity index is 1.87. The highest BCUT2D eigenvalue weighted by Gasteiger charge is 2.35. The predicted molar refractivity (Wildman–Crippen MR) is 83.3 cm³/mol. The maximum Gasteiger partial charge on any atom is 0.220 e. The molecule has 2 rings (SSSR count). The monoisotopic (exact) mass is 280 g/mol. The van der Waals surface area contributed by atoms with Crippen molar-refractivity contribution >= 4 is 5.91 Å². The second-order valence-corrected chi connectivity index (χ2v) is 7.98. The molecule has 0 spiro atoms. The number of carbonyl (C=O) groups is 1. The van der Waals surface area contributed by atoms with E-state index < -0.39 is 0 Å². The number of rotatable bonds is 3. The minimum absolute atomic E-state index is 0.103. The summed E-state index contributed by atoms with van der Waals surface area (Å²) in [4.78, 5) is 11.2. The number of nitrogens with two attached hydrogens (primary N) is 1. The van der Waals surface area contributed by atoms with Crippen molar-refractivity contribution in [2.75, 3.05) is 0 Å². The minimum atomic E-state index is -0.103. The third-order valence-corrected chi connectivity index (χ3v) is 5.46. The van der Waals surface area contributed by atoms with E-state index in [-0.39, 0.29) is 11.8 Å². The SMILES string of the molecule is CC(C)(C)C1CCCCC1NC1CCC(C(N)=O)CC1. The third-order valence-electron chi connectivity index (χ3n) is 5.46. The van der Waals surface area contributed by atoms with Crippen LogP contribution >= 0.6 is 0 Å². The van der Waals surface area contributed by atoms with Crippen LogP contribution in [0.1, 0.15) is 72.1 Å². The summed E-state index contributed by atoms with van der Waals surface area (Å²) in [5.74, 6) is 0.802. The Hall–Kier alpha value is -0.570. The number of hydrogen-bond donors (Lipinski definition) is 2. The van der Waals surface area contributed by atoms with Gasteiger partial charge in [0.25, 0.3) is 0 Å². The number of nitrogens with one attached hydrogen (secondary N) is 1. The quantitative estimate of drug-likeness (QED) is 0.834. The highest BCUT2D eigenvalue weighted by molar-refractivity contribution is 5.76. The molecule has 0 heterocycles. The molecule has 2 aliphatic carbocycles. The molecule has 0 radical (unpaired) electrons. The molecule has 2 saturated carbocycles. The molecule has 2 fully saturated rings. The number of primary amides is 1. The Kier molecular flexibility index (Phi) is 5.11. The van der Waals surface area contributed by atoms with Crippen molar-refractivity contribution in [3.63, 3.8) is 0 Å². The molecule has 2 atom stereocenters. The summed E-state index contributed by atoms with van der Waals surface area (Å²) in [6.45, 7) is 7.13. The minimum Gasteiger partial charge on any atom is -0.369 e. The normalized spacial score (nSPS) is 35.8. The van der Waals surface area contributed by atoms with Gasteiger partial charge in [-0.1, -0.05) is 33.6 Å². The van der Waals surface area contributed by atoms with E-state index >= 15 is 0 Å². The summed E-state index contributed by atoms with van der Waals surface area (Å²) in [5.41, 5.74) is 5.81. The van der Waals surface area contributed by atoms with Gasteiger partial charge in [0.05, 0.1) is 0 Å². The van der Waals surface area contributed by atoms with Gasteiger partial charge < -0.3 is 11.1 Å². The Morgan fingerprint density at radius 3 is 2.15 bits per heavy atom. The molecule has 0 bridgehead atoms. The van der Waals surface area contributed by atoms with E-state index in [4.69, 9.17) is 5.73 Å². The zero-order valence-corrected chi connectivity index (χ0v) is 13.5. The van der Waals surface area contributed by atoms with Gasteiger partial charge >= 0.3 is 0 Å². The maximum absolute atomic E-state index is 11.2. The van der Waals surface area contributed by atoms with E-state index in [9.17, 15) is 4.79 Å². The van der Waals surface area contributed by atoms with Gasteiger partial charge in [-0.25, -0.2) is 0 Å². The van der Waals surface area contributed by atoms with E-state index in [1.54, 1.807) is 0 Å². The van der Waals surface area contributed by atoms with Crippen LogP contribution in [-0.2, 0) is 4.79 Å². The maximum atomic E-state index is 11.2. The standard InChI is InChI=1S/C17H32N2O/c1-17(2,3)14-6-4-5-7-15(14)19-13-10-8-12(9-11-13)16(18)20/h12-15,19H,4-11H2,1-3H3,(H2,18,20). The molecule has 3 nitrogen and oxygen atoms in total. The zero-order valence-electron chi connectivity index (χ0n) is 13.5. The van der Waals surface area contributed by atoms with E-state index in [0.717, 1.165) is 31.6 Å². The third kappa shape index (κ3) is 3.97. The second kappa shape index (κ2) is 6.46. The summed E-state index contributed by atoms with van der Waals surface area (Å²) in [5, 5.41) is 3.92. The van der Waals surface area contributed by atoms with Gasteiger partial charge in [-0.2, -0.15) is 0 Å². The molecule has 0 aromatic heterocycles. The van der Waals surface area contributed by atoms with E-state index in [1.165, 1.54) is 25.7 Å². The van der Waals surface area contributed by atoms with Gasteiger partial charge in [-0.15, -0.1) is 0 Å². The van der Waals surface area contributed by atoms with Gasteiger partial charge in [0, 0.05) is 18.0 Å². The highest BCUT2D eigenvalue weighted by atomic mass is 16.1. The van der Waals surface area contributed by atoms with Crippen molar-refractivity contribution in [2.24, 2.45) is 23.0 Å². The molecule has 0 saturated heterocycles. The average molecular weight is 280 g/mol. The molecule has 0 aromatic carbocycles. The number of hydrogen-bond acceptors (Lipinski definition) is 2. The first-order valence-corrected chi connectivity index (χ1v) is 8.43. The van der Waals surface area contributed by atoms with Crippen LogP contribution in [0.15, 0.2) is 0 Å². The fourth-order valence-electron chi connectivity index (χ4n) is 4.21. The summed E-state index contributed by atoms with van der Waals surface area (Å²) in [6.07, 6.45) is 9.59. The van der Waals surface area contributed by atoms with Gasteiger partial charge in [0.2, 0.25) is 5.91 Å².